The minimum atomic E-state index is -0.283. The molecule has 0 atom stereocenters. The van der Waals surface area contributed by atoms with Gasteiger partial charge in [-0.2, -0.15) is 0 Å². The van der Waals surface area contributed by atoms with Crippen LogP contribution in [0.3, 0.4) is 0 Å². The van der Waals surface area contributed by atoms with Crippen LogP contribution in [0.25, 0.3) is 0 Å². The quantitative estimate of drug-likeness (QED) is 0.809. The van der Waals surface area contributed by atoms with Gasteiger partial charge in [0.25, 0.3) is 0 Å². The maximum atomic E-state index is 12.6. The Labute approximate surface area is 167 Å². The van der Waals surface area contributed by atoms with E-state index in [-0.39, 0.29) is 16.8 Å². The SMILES string of the molecule is O=C(Nc1ccccc1)N1CCC2(CC1)SCC(=O)N2c1ccc(Cl)cc1. The molecule has 1 N–H and O–H groups in total. The lowest BCUT2D eigenvalue weighted by atomic mass is 10.0. The van der Waals surface area contributed by atoms with Crippen LogP contribution >= 0.6 is 23.4 Å². The Morgan fingerprint density at radius 3 is 2.37 bits per heavy atom. The number of nitrogens with zero attached hydrogens (tertiary/aromatic N) is 2. The summed E-state index contributed by atoms with van der Waals surface area (Å²) in [5.41, 5.74) is 1.66. The van der Waals surface area contributed by atoms with Crippen molar-refractivity contribution in [3.05, 3.63) is 59.6 Å². The molecule has 2 saturated heterocycles. The van der Waals surface area contributed by atoms with Crippen LogP contribution in [0.4, 0.5) is 16.2 Å². The molecular weight excluding hydrogens is 382 g/mol. The van der Waals surface area contributed by atoms with Gasteiger partial charge in [0.2, 0.25) is 5.91 Å². The van der Waals surface area contributed by atoms with Gasteiger partial charge in [-0.05, 0) is 49.2 Å². The number of rotatable bonds is 2. The number of urea groups is 1. The van der Waals surface area contributed by atoms with E-state index in [1.165, 1.54) is 0 Å². The molecule has 0 aromatic heterocycles. The number of likely N-dealkylation sites (tertiary alicyclic amines) is 1. The van der Waals surface area contributed by atoms with Crippen molar-refractivity contribution in [2.24, 2.45) is 0 Å². The van der Waals surface area contributed by atoms with Crippen molar-refractivity contribution in [3.63, 3.8) is 0 Å². The van der Waals surface area contributed by atoms with E-state index in [1.54, 1.807) is 11.8 Å². The van der Waals surface area contributed by atoms with E-state index in [1.807, 2.05) is 64.4 Å². The fourth-order valence-corrected chi connectivity index (χ4v) is 5.13. The smallest absolute Gasteiger partial charge is 0.321 e. The number of amides is 3. The van der Waals surface area contributed by atoms with Crippen molar-refractivity contribution < 1.29 is 9.59 Å². The summed E-state index contributed by atoms with van der Waals surface area (Å²) in [5.74, 6) is 0.586. The summed E-state index contributed by atoms with van der Waals surface area (Å²) in [6.45, 7) is 1.23. The Kier molecular flexibility index (Phi) is 5.02. The van der Waals surface area contributed by atoms with Gasteiger partial charge in [-0.3, -0.25) is 9.69 Å². The second-order valence-corrected chi connectivity index (χ2v) is 8.50. The molecule has 2 aromatic rings. The maximum absolute atomic E-state index is 12.6. The number of hydrogen-bond donors (Lipinski definition) is 1. The van der Waals surface area contributed by atoms with E-state index in [0.717, 1.165) is 24.2 Å². The molecular formula is C20H20ClN3O2S. The van der Waals surface area contributed by atoms with Gasteiger partial charge in [0, 0.05) is 29.5 Å². The van der Waals surface area contributed by atoms with Crippen LogP contribution in [0.1, 0.15) is 12.8 Å². The lowest BCUT2D eigenvalue weighted by Gasteiger charge is -2.43. The Morgan fingerprint density at radius 2 is 1.70 bits per heavy atom. The summed E-state index contributed by atoms with van der Waals surface area (Å²) >= 11 is 7.68. The maximum Gasteiger partial charge on any atom is 0.321 e. The molecule has 0 saturated carbocycles. The van der Waals surface area contributed by atoms with Crippen LogP contribution in [0.2, 0.25) is 5.02 Å². The first kappa shape index (κ1) is 18.2. The number of anilines is 2. The topological polar surface area (TPSA) is 52.7 Å². The molecule has 0 radical (unpaired) electrons. The fraction of sp³-hybridized carbons (Fsp3) is 0.300. The number of carbonyl (C=O) groups excluding carboxylic acids is 2. The third-order valence-electron chi connectivity index (χ3n) is 5.06. The monoisotopic (exact) mass is 401 g/mol. The predicted molar refractivity (Wildman–Crippen MR) is 110 cm³/mol. The van der Waals surface area contributed by atoms with E-state index in [2.05, 4.69) is 5.32 Å². The number of nitrogens with one attached hydrogen (secondary N) is 1. The second-order valence-electron chi connectivity index (χ2n) is 6.72. The van der Waals surface area contributed by atoms with Crippen molar-refractivity contribution in [1.82, 2.24) is 4.90 Å². The van der Waals surface area contributed by atoms with Crippen LogP contribution in [0, 0.1) is 0 Å². The summed E-state index contributed by atoms with van der Waals surface area (Å²) in [6.07, 6.45) is 1.49. The van der Waals surface area contributed by atoms with Gasteiger partial charge in [-0.25, -0.2) is 4.79 Å². The lowest BCUT2D eigenvalue weighted by molar-refractivity contribution is -0.116. The molecule has 2 aliphatic heterocycles. The van der Waals surface area contributed by atoms with Gasteiger partial charge >= 0.3 is 6.03 Å². The molecule has 2 fully saturated rings. The lowest BCUT2D eigenvalue weighted by Crippen LogP contribution is -2.53. The predicted octanol–water partition coefficient (Wildman–Crippen LogP) is 4.44. The zero-order valence-electron chi connectivity index (χ0n) is 14.7. The van der Waals surface area contributed by atoms with Crippen molar-refractivity contribution in [2.75, 3.05) is 29.1 Å². The molecule has 140 valence electrons. The summed E-state index contributed by atoms with van der Waals surface area (Å²) in [5, 5.41) is 3.59. The molecule has 7 heteroatoms. The number of hydrogen-bond acceptors (Lipinski definition) is 3. The number of para-hydroxylation sites is 1. The zero-order valence-corrected chi connectivity index (χ0v) is 16.3. The minimum absolute atomic E-state index is 0.0941. The van der Waals surface area contributed by atoms with Gasteiger partial charge in [0.1, 0.15) is 0 Å². The second kappa shape index (κ2) is 7.44. The van der Waals surface area contributed by atoms with Gasteiger partial charge in [-0.15, -0.1) is 11.8 Å². The molecule has 0 unspecified atom stereocenters. The molecule has 0 aliphatic carbocycles. The molecule has 1 spiro atoms. The molecule has 2 heterocycles. The summed E-state index contributed by atoms with van der Waals surface area (Å²) in [7, 11) is 0. The Bertz CT molecular complexity index is 836. The zero-order chi connectivity index (χ0) is 18.9. The van der Waals surface area contributed by atoms with Gasteiger partial charge in [0.05, 0.1) is 10.6 Å². The molecule has 4 rings (SSSR count). The first-order valence-electron chi connectivity index (χ1n) is 8.91. The first-order chi connectivity index (χ1) is 13.1. The highest BCUT2D eigenvalue weighted by Gasteiger charge is 2.49. The number of halogens is 1. The molecule has 0 bridgehead atoms. The molecule has 5 nitrogen and oxygen atoms in total. The van der Waals surface area contributed by atoms with Gasteiger partial charge in [0.15, 0.2) is 0 Å². The normalized spacial score (nSPS) is 18.8. The molecule has 2 aromatic carbocycles. The highest BCUT2D eigenvalue weighted by atomic mass is 35.5. The van der Waals surface area contributed by atoms with E-state index < -0.39 is 0 Å². The van der Waals surface area contributed by atoms with Crippen molar-refractivity contribution >= 4 is 46.7 Å². The largest absolute Gasteiger partial charge is 0.324 e. The molecule has 27 heavy (non-hydrogen) atoms. The number of carbonyl (C=O) groups is 2. The highest BCUT2D eigenvalue weighted by molar-refractivity contribution is 8.02. The number of benzene rings is 2. The van der Waals surface area contributed by atoms with E-state index in [0.29, 0.717) is 23.9 Å². The standard InChI is InChI=1S/C20H20ClN3O2S/c21-15-6-8-17(9-7-15)24-18(25)14-27-20(24)10-12-23(13-11-20)19(26)22-16-4-2-1-3-5-16/h1-9H,10-14H2,(H,22,26). The van der Waals surface area contributed by atoms with E-state index in [4.69, 9.17) is 11.6 Å². The average molecular weight is 402 g/mol. The van der Waals surface area contributed by atoms with Gasteiger partial charge in [-0.1, -0.05) is 29.8 Å². The molecule has 2 aliphatic rings. The van der Waals surface area contributed by atoms with Crippen molar-refractivity contribution in [3.8, 4) is 0 Å². The third kappa shape index (κ3) is 3.64. The minimum Gasteiger partial charge on any atom is -0.324 e. The van der Waals surface area contributed by atoms with Crippen LogP contribution in [-0.4, -0.2) is 40.6 Å². The first-order valence-corrected chi connectivity index (χ1v) is 10.3. The van der Waals surface area contributed by atoms with E-state index in [9.17, 15) is 9.59 Å². The number of piperidine rings is 1. The summed E-state index contributed by atoms with van der Waals surface area (Å²) < 4.78 is 0. The van der Waals surface area contributed by atoms with Gasteiger partial charge < -0.3 is 10.2 Å². The summed E-state index contributed by atoms with van der Waals surface area (Å²) in [6, 6.07) is 16.8. The summed E-state index contributed by atoms with van der Waals surface area (Å²) in [4.78, 5) is 28.5. The Morgan fingerprint density at radius 1 is 1.04 bits per heavy atom. The Balaban J connectivity index is 1.46. The third-order valence-corrected chi connectivity index (χ3v) is 6.83. The average Bonchev–Trinajstić information content (AvgIpc) is 3.00. The van der Waals surface area contributed by atoms with Crippen molar-refractivity contribution in [1.29, 1.82) is 0 Å². The van der Waals surface area contributed by atoms with Crippen LogP contribution < -0.4 is 10.2 Å². The fourth-order valence-electron chi connectivity index (χ4n) is 3.67. The van der Waals surface area contributed by atoms with Crippen LogP contribution in [0.15, 0.2) is 54.6 Å². The van der Waals surface area contributed by atoms with Crippen molar-refractivity contribution in [2.45, 2.75) is 17.7 Å². The Hall–Kier alpha value is -2.18. The van der Waals surface area contributed by atoms with Crippen LogP contribution in [0.5, 0.6) is 0 Å². The highest BCUT2D eigenvalue weighted by Crippen LogP contribution is 2.46. The number of thioether (sulfide) groups is 1. The molecule has 3 amide bonds. The van der Waals surface area contributed by atoms with Crippen LogP contribution in [-0.2, 0) is 4.79 Å². The van der Waals surface area contributed by atoms with E-state index >= 15 is 0 Å².